The Labute approximate surface area is 190 Å². The number of carbonyl (C=O) groups is 3. The molecule has 3 aromatic carbocycles. The van der Waals surface area contributed by atoms with Gasteiger partial charge in [-0.2, -0.15) is 0 Å². The lowest BCUT2D eigenvalue weighted by molar-refractivity contribution is -0.138. The van der Waals surface area contributed by atoms with Crippen molar-refractivity contribution < 1.29 is 32.6 Å². The van der Waals surface area contributed by atoms with E-state index in [9.17, 15) is 22.8 Å². The molecular weight excluding hydrogens is 448 g/mol. The zero-order valence-corrected chi connectivity index (χ0v) is 18.2. The topological polar surface area (TPSA) is 153 Å². The van der Waals surface area contributed by atoms with Crippen molar-refractivity contribution >= 4 is 39.0 Å². The third kappa shape index (κ3) is 5.93. The Kier molecular flexibility index (Phi) is 7.41. The minimum atomic E-state index is -4.34. The molecule has 0 saturated carbocycles. The van der Waals surface area contributed by atoms with Crippen molar-refractivity contribution in [3.63, 3.8) is 0 Å². The van der Waals surface area contributed by atoms with Gasteiger partial charge in [0, 0.05) is 12.0 Å². The molecule has 3 rings (SSSR count). The van der Waals surface area contributed by atoms with Gasteiger partial charge in [0.2, 0.25) is 15.9 Å². The van der Waals surface area contributed by atoms with Crippen LogP contribution < -0.4 is 15.2 Å². The summed E-state index contributed by atoms with van der Waals surface area (Å²) in [6, 6.07) is 15.7. The second-order valence-corrected chi connectivity index (χ2v) is 8.91. The van der Waals surface area contributed by atoms with Crippen LogP contribution in [0.15, 0.2) is 65.6 Å². The number of sulfonamides is 1. The molecule has 1 amide bonds. The molecule has 0 bridgehead atoms. The standard InChI is InChI=1S/C23H22N2O7S/c24-23(29)17-8-9-21(33(30,31)25-18(14-26)13-22(27)28)20(12-17)32-11-10-16-6-3-5-15-4-1-2-7-19(15)16/h1-9,12,14,18,25H,10-11,13H2,(H2,24,29)(H,27,28)/t18-/m1/s1. The number of carboxylic acid groups (broad SMARTS) is 1. The van der Waals surface area contributed by atoms with Crippen LogP contribution in [0.1, 0.15) is 22.3 Å². The SMILES string of the molecule is NC(=O)c1ccc(S(=O)(=O)N[C@@H](C=O)CC(=O)O)c(OCCc2cccc3ccccc23)c1. The highest BCUT2D eigenvalue weighted by Crippen LogP contribution is 2.26. The van der Waals surface area contributed by atoms with Crippen molar-refractivity contribution in [3.05, 3.63) is 71.8 Å². The first kappa shape index (κ1) is 23.9. The number of hydrogen-bond donors (Lipinski definition) is 3. The Morgan fingerprint density at radius 2 is 1.82 bits per heavy atom. The highest BCUT2D eigenvalue weighted by atomic mass is 32.2. The third-order valence-electron chi connectivity index (χ3n) is 4.89. The maximum atomic E-state index is 12.8. The van der Waals surface area contributed by atoms with Gasteiger partial charge in [0.1, 0.15) is 16.9 Å². The van der Waals surface area contributed by atoms with Gasteiger partial charge in [-0.3, -0.25) is 9.59 Å². The van der Waals surface area contributed by atoms with E-state index in [1.807, 2.05) is 47.2 Å². The number of hydrogen-bond acceptors (Lipinski definition) is 6. The van der Waals surface area contributed by atoms with Gasteiger partial charge in [-0.05, 0) is 34.5 Å². The van der Waals surface area contributed by atoms with Crippen LogP contribution in [0.4, 0.5) is 0 Å². The molecule has 172 valence electrons. The number of aliphatic carboxylic acids is 1. The molecule has 0 spiro atoms. The Morgan fingerprint density at radius 3 is 2.52 bits per heavy atom. The predicted octanol–water partition coefficient (Wildman–Crippen LogP) is 1.88. The maximum absolute atomic E-state index is 12.8. The van der Waals surface area contributed by atoms with E-state index in [0.717, 1.165) is 22.4 Å². The minimum Gasteiger partial charge on any atom is -0.492 e. The van der Waals surface area contributed by atoms with E-state index in [4.69, 9.17) is 15.6 Å². The number of aldehydes is 1. The van der Waals surface area contributed by atoms with Crippen molar-refractivity contribution in [1.82, 2.24) is 4.72 Å². The largest absolute Gasteiger partial charge is 0.492 e. The molecule has 0 heterocycles. The van der Waals surface area contributed by atoms with Crippen LogP contribution >= 0.6 is 0 Å². The number of amides is 1. The number of carbonyl (C=O) groups excluding carboxylic acids is 2. The predicted molar refractivity (Wildman–Crippen MR) is 121 cm³/mol. The van der Waals surface area contributed by atoms with Crippen molar-refractivity contribution in [2.45, 2.75) is 23.8 Å². The van der Waals surface area contributed by atoms with Crippen LogP contribution in [-0.2, 0) is 26.0 Å². The lowest BCUT2D eigenvalue weighted by Gasteiger charge is -2.16. The van der Waals surface area contributed by atoms with Gasteiger partial charge in [-0.15, -0.1) is 0 Å². The maximum Gasteiger partial charge on any atom is 0.305 e. The Morgan fingerprint density at radius 1 is 1.09 bits per heavy atom. The number of benzene rings is 3. The van der Waals surface area contributed by atoms with Crippen molar-refractivity contribution in [1.29, 1.82) is 0 Å². The summed E-state index contributed by atoms with van der Waals surface area (Å²) in [5.74, 6) is -2.26. The van der Waals surface area contributed by atoms with E-state index < -0.39 is 34.4 Å². The summed E-state index contributed by atoms with van der Waals surface area (Å²) in [4.78, 5) is 33.3. The van der Waals surface area contributed by atoms with Gasteiger partial charge in [-0.1, -0.05) is 42.5 Å². The zero-order chi connectivity index (χ0) is 24.0. The summed E-state index contributed by atoms with van der Waals surface area (Å²) in [5.41, 5.74) is 6.33. The number of nitrogens with one attached hydrogen (secondary N) is 1. The van der Waals surface area contributed by atoms with Gasteiger partial charge >= 0.3 is 5.97 Å². The normalized spacial score (nSPS) is 12.2. The molecule has 0 aromatic heterocycles. The molecular formula is C23H22N2O7S. The minimum absolute atomic E-state index is 0.0339. The average Bonchev–Trinajstić information content (AvgIpc) is 2.78. The number of nitrogens with two attached hydrogens (primary N) is 1. The van der Waals surface area contributed by atoms with Gasteiger partial charge in [0.15, 0.2) is 0 Å². The number of fused-ring (bicyclic) bond motifs is 1. The smallest absolute Gasteiger partial charge is 0.305 e. The molecule has 1 atom stereocenters. The molecule has 4 N–H and O–H groups in total. The van der Waals surface area contributed by atoms with E-state index >= 15 is 0 Å². The molecule has 0 saturated heterocycles. The van der Waals surface area contributed by atoms with Crippen molar-refractivity contribution in [2.24, 2.45) is 5.73 Å². The quantitative estimate of drug-likeness (QED) is 0.362. The number of primary amides is 1. The summed E-state index contributed by atoms with van der Waals surface area (Å²) in [6.07, 6.45) is -0.0745. The average molecular weight is 471 g/mol. The molecule has 0 aliphatic heterocycles. The third-order valence-corrected chi connectivity index (χ3v) is 6.42. The molecule has 10 heteroatoms. The molecule has 0 aliphatic carbocycles. The molecule has 0 fully saturated rings. The fraction of sp³-hybridized carbons (Fsp3) is 0.174. The van der Waals surface area contributed by atoms with Gasteiger partial charge < -0.3 is 20.4 Å². The summed E-state index contributed by atoms with van der Waals surface area (Å²) in [5, 5.41) is 11.0. The van der Waals surface area contributed by atoms with Crippen molar-refractivity contribution in [2.75, 3.05) is 6.61 Å². The first-order valence-electron chi connectivity index (χ1n) is 9.94. The lowest BCUT2D eigenvalue weighted by atomic mass is 10.0. The first-order valence-corrected chi connectivity index (χ1v) is 11.4. The van der Waals surface area contributed by atoms with Crippen LogP contribution in [-0.4, -0.2) is 44.3 Å². The van der Waals surface area contributed by atoms with Crippen molar-refractivity contribution in [3.8, 4) is 5.75 Å². The summed E-state index contributed by atoms with van der Waals surface area (Å²) >= 11 is 0. The van der Waals surface area contributed by atoms with E-state index in [0.29, 0.717) is 6.42 Å². The summed E-state index contributed by atoms with van der Waals surface area (Å²) < 4.78 is 33.4. The molecule has 33 heavy (non-hydrogen) atoms. The summed E-state index contributed by atoms with van der Waals surface area (Å²) in [6.45, 7) is 0.0883. The van der Waals surface area contributed by atoms with Crippen LogP contribution in [0.3, 0.4) is 0 Å². The molecule has 9 nitrogen and oxygen atoms in total. The van der Waals surface area contributed by atoms with Gasteiger partial charge in [0.25, 0.3) is 0 Å². The van der Waals surface area contributed by atoms with Crippen LogP contribution in [0.2, 0.25) is 0 Å². The van der Waals surface area contributed by atoms with E-state index in [1.54, 1.807) is 0 Å². The second-order valence-electron chi connectivity index (χ2n) is 7.22. The Bertz CT molecular complexity index is 1300. The van der Waals surface area contributed by atoms with E-state index in [-0.39, 0.29) is 29.1 Å². The Hall–Kier alpha value is -3.76. The fourth-order valence-electron chi connectivity index (χ4n) is 3.35. The Balaban J connectivity index is 1.86. The first-order chi connectivity index (χ1) is 15.7. The molecule has 3 aromatic rings. The summed E-state index contributed by atoms with van der Waals surface area (Å²) in [7, 11) is -4.34. The van der Waals surface area contributed by atoms with Crippen LogP contribution in [0, 0.1) is 0 Å². The van der Waals surface area contributed by atoms with E-state index in [2.05, 4.69) is 0 Å². The lowest BCUT2D eigenvalue weighted by Crippen LogP contribution is -2.37. The van der Waals surface area contributed by atoms with Crippen LogP contribution in [0.25, 0.3) is 10.8 Å². The molecule has 0 radical (unpaired) electrons. The monoisotopic (exact) mass is 470 g/mol. The second kappa shape index (κ2) is 10.2. The molecule has 0 unspecified atom stereocenters. The number of rotatable bonds is 11. The highest BCUT2D eigenvalue weighted by Gasteiger charge is 2.26. The van der Waals surface area contributed by atoms with Gasteiger partial charge in [0.05, 0.1) is 19.1 Å². The fourth-order valence-corrected chi connectivity index (χ4v) is 4.64. The van der Waals surface area contributed by atoms with E-state index in [1.165, 1.54) is 12.1 Å². The van der Waals surface area contributed by atoms with Gasteiger partial charge in [-0.25, -0.2) is 13.1 Å². The molecule has 0 aliphatic rings. The van der Waals surface area contributed by atoms with Crippen LogP contribution in [0.5, 0.6) is 5.75 Å². The number of ether oxygens (including phenoxy) is 1. The highest BCUT2D eigenvalue weighted by molar-refractivity contribution is 7.89. The zero-order valence-electron chi connectivity index (χ0n) is 17.4. The number of carboxylic acids is 1.